The van der Waals surface area contributed by atoms with Crippen molar-refractivity contribution in [1.82, 2.24) is 0 Å². The summed E-state index contributed by atoms with van der Waals surface area (Å²) in [4.78, 5) is 10.0. The Bertz CT molecular complexity index is 306. The maximum atomic E-state index is 10.0. The second kappa shape index (κ2) is 5.16. The van der Waals surface area contributed by atoms with Gasteiger partial charge in [-0.2, -0.15) is 0 Å². The minimum absolute atomic E-state index is 0. The van der Waals surface area contributed by atoms with Crippen molar-refractivity contribution < 1.29 is 9.53 Å². The van der Waals surface area contributed by atoms with Crippen LogP contribution in [0.2, 0.25) is 0 Å². The molecule has 0 atom stereocenters. The minimum Gasteiger partial charge on any atom is -0.444 e. The number of halogens is 1. The van der Waals surface area contributed by atoms with Gasteiger partial charge in [-0.1, -0.05) is 24.3 Å². The lowest BCUT2D eigenvalue weighted by molar-refractivity contribution is 0.0600. The second-order valence-electron chi connectivity index (χ2n) is 4.11. The van der Waals surface area contributed by atoms with Crippen molar-refractivity contribution >= 4 is 23.1 Å². The van der Waals surface area contributed by atoms with Crippen molar-refractivity contribution in [3.05, 3.63) is 24.3 Å². The van der Waals surface area contributed by atoms with Crippen LogP contribution in [0.15, 0.2) is 24.3 Å². The minimum atomic E-state index is -0.725. The molecule has 15 heavy (non-hydrogen) atoms. The molecule has 2 rings (SSSR count). The smallest absolute Gasteiger partial charge is 0.405 e. The number of benzene rings is 1. The third kappa shape index (κ3) is 4.83. The first-order chi connectivity index (χ1) is 6.38. The number of fused-ring (bicyclic) bond motifs is 1. The summed E-state index contributed by atoms with van der Waals surface area (Å²) in [6.07, 6.45) is -0.725. The predicted octanol–water partition coefficient (Wildman–Crippen LogP) is 3.13. The highest BCUT2D eigenvalue weighted by molar-refractivity contribution is 8.93. The molecule has 0 heterocycles. The average Bonchev–Trinajstić information content (AvgIpc) is 1.92. The lowest BCUT2D eigenvalue weighted by Gasteiger charge is -2.16. The number of hydrogen-bond donors (Lipinski definition) is 1. The molecule has 2 aliphatic rings. The number of rotatable bonds is 0. The van der Waals surface area contributed by atoms with E-state index in [9.17, 15) is 4.79 Å². The van der Waals surface area contributed by atoms with Gasteiger partial charge in [-0.15, -0.1) is 17.0 Å². The largest absolute Gasteiger partial charge is 0.444 e. The van der Waals surface area contributed by atoms with Crippen LogP contribution in [0.1, 0.15) is 20.8 Å². The van der Waals surface area contributed by atoms with E-state index < -0.39 is 11.7 Å². The van der Waals surface area contributed by atoms with Crippen LogP contribution in [0.3, 0.4) is 0 Å². The summed E-state index contributed by atoms with van der Waals surface area (Å²) in [6.45, 7) is 5.28. The molecular formula is C11H16BrNO2. The highest BCUT2D eigenvalue weighted by Gasteiger charge is 2.12. The van der Waals surface area contributed by atoms with E-state index in [2.05, 4.69) is 29.0 Å². The summed E-state index contributed by atoms with van der Waals surface area (Å²) in [5, 5.41) is 0. The van der Waals surface area contributed by atoms with Crippen molar-refractivity contribution in [3.8, 4) is 11.1 Å². The van der Waals surface area contributed by atoms with Crippen molar-refractivity contribution in [3.63, 3.8) is 0 Å². The van der Waals surface area contributed by atoms with Crippen LogP contribution in [0, 0.1) is 0 Å². The van der Waals surface area contributed by atoms with Crippen molar-refractivity contribution in [2.75, 3.05) is 0 Å². The van der Waals surface area contributed by atoms with Gasteiger partial charge < -0.3 is 10.5 Å². The van der Waals surface area contributed by atoms with Crippen LogP contribution in [0.5, 0.6) is 0 Å². The van der Waals surface area contributed by atoms with Gasteiger partial charge >= 0.3 is 6.09 Å². The van der Waals surface area contributed by atoms with Gasteiger partial charge in [0.25, 0.3) is 0 Å². The molecular weight excluding hydrogens is 258 g/mol. The van der Waals surface area contributed by atoms with Crippen LogP contribution < -0.4 is 5.73 Å². The number of amides is 1. The predicted molar refractivity (Wildman–Crippen MR) is 66.2 cm³/mol. The van der Waals surface area contributed by atoms with Gasteiger partial charge in [0, 0.05) is 0 Å². The molecule has 0 unspecified atom stereocenters. The Labute approximate surface area is 100 Å². The Hall–Kier alpha value is -1.03. The summed E-state index contributed by atoms with van der Waals surface area (Å²) in [6, 6.07) is 8.48. The van der Waals surface area contributed by atoms with Gasteiger partial charge in [0.05, 0.1) is 0 Å². The number of ether oxygens (including phenoxy) is 1. The quantitative estimate of drug-likeness (QED) is 0.802. The summed E-state index contributed by atoms with van der Waals surface area (Å²) >= 11 is 0. The molecule has 0 aromatic carbocycles. The first-order valence-electron chi connectivity index (χ1n) is 4.47. The van der Waals surface area contributed by atoms with Crippen molar-refractivity contribution in [2.45, 2.75) is 26.4 Å². The fraction of sp³-hybridized carbons (Fsp3) is 0.364. The Morgan fingerprint density at radius 1 is 1.13 bits per heavy atom. The third-order valence-electron chi connectivity index (χ3n) is 1.63. The van der Waals surface area contributed by atoms with E-state index in [1.54, 1.807) is 20.8 Å². The van der Waals surface area contributed by atoms with E-state index in [1.807, 2.05) is 0 Å². The molecule has 4 heteroatoms. The first-order valence-corrected chi connectivity index (χ1v) is 4.47. The number of carbonyl (C=O) groups excluding carboxylic acids is 1. The average molecular weight is 274 g/mol. The van der Waals surface area contributed by atoms with Crippen molar-refractivity contribution in [2.24, 2.45) is 5.73 Å². The fourth-order valence-electron chi connectivity index (χ4n) is 0.964. The maximum absolute atomic E-state index is 10.0. The number of nitrogens with two attached hydrogens (primary N) is 1. The molecule has 0 radical (unpaired) electrons. The molecule has 0 aliphatic heterocycles. The summed E-state index contributed by atoms with van der Waals surface area (Å²) in [5.74, 6) is 0. The van der Waals surface area contributed by atoms with E-state index in [0.29, 0.717) is 0 Å². The Morgan fingerprint density at radius 2 is 1.47 bits per heavy atom. The summed E-state index contributed by atoms with van der Waals surface area (Å²) in [7, 11) is 0. The van der Waals surface area contributed by atoms with Gasteiger partial charge in [-0.3, -0.25) is 0 Å². The van der Waals surface area contributed by atoms with Crippen LogP contribution in [0.25, 0.3) is 11.1 Å². The molecule has 3 nitrogen and oxygen atoms in total. The van der Waals surface area contributed by atoms with Gasteiger partial charge in [0.1, 0.15) is 5.60 Å². The molecule has 0 fully saturated rings. The topological polar surface area (TPSA) is 52.3 Å². The van der Waals surface area contributed by atoms with Crippen LogP contribution in [0.4, 0.5) is 4.79 Å². The summed E-state index contributed by atoms with van der Waals surface area (Å²) in [5.41, 5.74) is 7.12. The van der Waals surface area contributed by atoms with Gasteiger partial charge in [0.15, 0.2) is 0 Å². The highest BCUT2D eigenvalue weighted by atomic mass is 79.9. The first kappa shape index (κ1) is 14.0. The molecule has 0 bridgehead atoms. The van der Waals surface area contributed by atoms with Crippen LogP contribution in [-0.4, -0.2) is 11.7 Å². The van der Waals surface area contributed by atoms with E-state index >= 15 is 0 Å². The highest BCUT2D eigenvalue weighted by Crippen LogP contribution is 2.29. The van der Waals surface area contributed by atoms with E-state index in [-0.39, 0.29) is 17.0 Å². The van der Waals surface area contributed by atoms with Gasteiger partial charge in [0.2, 0.25) is 0 Å². The molecule has 0 spiro atoms. The zero-order valence-corrected chi connectivity index (χ0v) is 10.8. The van der Waals surface area contributed by atoms with Gasteiger partial charge in [-0.25, -0.2) is 4.79 Å². The van der Waals surface area contributed by atoms with E-state index in [4.69, 9.17) is 5.73 Å². The standard InChI is InChI=1S/C6H4.C5H11NO2.BrH/c1-2-6-4-3-5(1)6;1-5(2,3)8-4(6)7;/h1-4H;1-3H3,(H2,6,7);1H. The molecule has 2 aliphatic carbocycles. The van der Waals surface area contributed by atoms with Crippen LogP contribution >= 0.6 is 17.0 Å². The lowest BCUT2D eigenvalue weighted by Crippen LogP contribution is -2.27. The lowest BCUT2D eigenvalue weighted by atomic mass is 9.95. The molecule has 0 saturated carbocycles. The SMILES string of the molecule is Br.CC(C)(C)OC(N)=O.c1cc2ccc1-2. The number of primary amides is 1. The molecule has 0 aromatic heterocycles. The molecule has 84 valence electrons. The Balaban J connectivity index is 0.000000249. The van der Waals surface area contributed by atoms with Crippen molar-refractivity contribution in [1.29, 1.82) is 0 Å². The van der Waals surface area contributed by atoms with E-state index in [1.165, 1.54) is 11.1 Å². The van der Waals surface area contributed by atoms with Crippen LogP contribution in [-0.2, 0) is 4.74 Å². The second-order valence-corrected chi connectivity index (χ2v) is 4.11. The zero-order chi connectivity index (χ0) is 10.8. The number of hydrogen-bond acceptors (Lipinski definition) is 2. The zero-order valence-electron chi connectivity index (χ0n) is 9.11. The third-order valence-corrected chi connectivity index (χ3v) is 1.63. The number of carbonyl (C=O) groups is 1. The Kier molecular flexibility index (Phi) is 4.81. The molecule has 2 N–H and O–H groups in total. The van der Waals surface area contributed by atoms with Gasteiger partial charge in [-0.05, 0) is 31.9 Å². The molecule has 0 aromatic rings. The molecule has 0 saturated heterocycles. The maximum Gasteiger partial charge on any atom is 0.405 e. The fourth-order valence-corrected chi connectivity index (χ4v) is 0.964. The van der Waals surface area contributed by atoms with E-state index in [0.717, 1.165) is 0 Å². The monoisotopic (exact) mass is 273 g/mol. The molecule has 1 amide bonds. The Morgan fingerprint density at radius 3 is 1.47 bits per heavy atom. The normalized spacial score (nSPS) is 10.3. The summed E-state index contributed by atoms with van der Waals surface area (Å²) < 4.78 is 4.58.